The number of nitrogens with zero attached hydrogens (tertiary/aromatic N) is 1. The molecule has 0 unspecified atom stereocenters. The van der Waals surface area contributed by atoms with Crippen LogP contribution in [0.15, 0.2) is 40.9 Å². The lowest BCUT2D eigenvalue weighted by molar-refractivity contribution is -0.120. The minimum absolute atomic E-state index is 0.142. The molecule has 0 heterocycles. The van der Waals surface area contributed by atoms with Gasteiger partial charge in [0.15, 0.2) is 0 Å². The van der Waals surface area contributed by atoms with Gasteiger partial charge in [-0.15, -0.1) is 0 Å². The fourth-order valence-corrected chi connectivity index (χ4v) is 2.35. The van der Waals surface area contributed by atoms with E-state index in [4.69, 9.17) is 0 Å². The highest BCUT2D eigenvalue weighted by Gasteiger charge is 2.17. The number of halogens is 3. The van der Waals surface area contributed by atoms with Crippen molar-refractivity contribution in [2.45, 2.75) is 13.8 Å². The summed E-state index contributed by atoms with van der Waals surface area (Å²) in [6, 6.07) is 8.08. The van der Waals surface area contributed by atoms with Crippen molar-refractivity contribution in [3.8, 4) is 0 Å². The van der Waals surface area contributed by atoms with Crippen LogP contribution in [0.2, 0.25) is 0 Å². The Bertz CT molecular complexity index is 796. The summed E-state index contributed by atoms with van der Waals surface area (Å²) in [6.07, 6.45) is 0. The highest BCUT2D eigenvalue weighted by molar-refractivity contribution is 9.10. The number of amides is 2. The van der Waals surface area contributed by atoms with E-state index in [0.29, 0.717) is 11.8 Å². The smallest absolute Gasteiger partial charge is 0.244 e. The minimum atomic E-state index is -0.878. The molecule has 7 heteroatoms. The molecule has 1 N–H and O–H groups in total. The second-order valence-electron chi connectivity index (χ2n) is 5.21. The molecule has 0 spiro atoms. The third-order valence-electron chi connectivity index (χ3n) is 3.34. The molecular formula is C17H15BrF2N2O2. The molecule has 0 atom stereocenters. The van der Waals surface area contributed by atoms with Gasteiger partial charge in [-0.05, 0) is 42.8 Å². The maximum atomic E-state index is 13.6. The number of anilines is 2. The quantitative estimate of drug-likeness (QED) is 0.847. The molecule has 4 nitrogen and oxygen atoms in total. The highest BCUT2D eigenvalue weighted by Crippen LogP contribution is 2.23. The summed E-state index contributed by atoms with van der Waals surface area (Å²) in [4.78, 5) is 25.2. The average molecular weight is 397 g/mol. The van der Waals surface area contributed by atoms with Crippen LogP contribution in [0.25, 0.3) is 0 Å². The van der Waals surface area contributed by atoms with E-state index >= 15 is 0 Å². The van der Waals surface area contributed by atoms with Gasteiger partial charge in [0.05, 0.1) is 5.69 Å². The van der Waals surface area contributed by atoms with Crippen LogP contribution in [0.5, 0.6) is 0 Å². The van der Waals surface area contributed by atoms with Crippen molar-refractivity contribution in [3.63, 3.8) is 0 Å². The molecule has 0 aliphatic carbocycles. The lowest BCUT2D eigenvalue weighted by Gasteiger charge is -2.21. The topological polar surface area (TPSA) is 49.4 Å². The number of hydrogen-bond acceptors (Lipinski definition) is 2. The number of carbonyl (C=O) groups is 2. The zero-order chi connectivity index (χ0) is 17.9. The van der Waals surface area contributed by atoms with E-state index in [1.165, 1.54) is 11.8 Å². The van der Waals surface area contributed by atoms with E-state index < -0.39 is 17.5 Å². The molecule has 0 aliphatic rings. The SMILES string of the molecule is CC(=O)N(CC(=O)Nc1ccc(F)cc1F)c1ccc(Br)c(C)c1. The normalized spacial score (nSPS) is 10.4. The zero-order valence-electron chi connectivity index (χ0n) is 13.1. The molecule has 0 bridgehead atoms. The number of rotatable bonds is 4. The van der Waals surface area contributed by atoms with Gasteiger partial charge in [-0.2, -0.15) is 0 Å². The first-order valence-corrected chi connectivity index (χ1v) is 7.86. The highest BCUT2D eigenvalue weighted by atomic mass is 79.9. The molecule has 0 aromatic heterocycles. The van der Waals surface area contributed by atoms with Crippen LogP contribution in [0.4, 0.5) is 20.2 Å². The number of carbonyl (C=O) groups excluding carboxylic acids is 2. The van der Waals surface area contributed by atoms with Crippen LogP contribution >= 0.6 is 15.9 Å². The van der Waals surface area contributed by atoms with E-state index in [-0.39, 0.29) is 18.1 Å². The van der Waals surface area contributed by atoms with Gasteiger partial charge in [0.2, 0.25) is 11.8 Å². The van der Waals surface area contributed by atoms with Gasteiger partial charge in [-0.3, -0.25) is 9.59 Å². The van der Waals surface area contributed by atoms with E-state index in [0.717, 1.165) is 22.2 Å². The van der Waals surface area contributed by atoms with E-state index in [1.807, 2.05) is 6.92 Å². The summed E-state index contributed by atoms with van der Waals surface area (Å²) < 4.78 is 27.4. The van der Waals surface area contributed by atoms with Crippen molar-refractivity contribution in [2.24, 2.45) is 0 Å². The van der Waals surface area contributed by atoms with E-state index in [2.05, 4.69) is 21.2 Å². The van der Waals surface area contributed by atoms with Crippen LogP contribution in [-0.4, -0.2) is 18.4 Å². The van der Waals surface area contributed by atoms with Gasteiger partial charge >= 0.3 is 0 Å². The predicted octanol–water partition coefficient (Wildman–Crippen LogP) is 4.03. The molecule has 0 radical (unpaired) electrons. The van der Waals surface area contributed by atoms with Crippen molar-refractivity contribution in [1.82, 2.24) is 0 Å². The Hall–Kier alpha value is -2.28. The maximum absolute atomic E-state index is 13.6. The zero-order valence-corrected chi connectivity index (χ0v) is 14.7. The van der Waals surface area contributed by atoms with Gasteiger partial charge < -0.3 is 10.2 Å². The van der Waals surface area contributed by atoms with Crippen LogP contribution in [-0.2, 0) is 9.59 Å². The molecule has 2 aromatic carbocycles. The van der Waals surface area contributed by atoms with E-state index in [9.17, 15) is 18.4 Å². The van der Waals surface area contributed by atoms with Gasteiger partial charge in [0, 0.05) is 23.2 Å². The van der Waals surface area contributed by atoms with Gasteiger partial charge in [0.1, 0.15) is 18.2 Å². The van der Waals surface area contributed by atoms with Gasteiger partial charge in [-0.1, -0.05) is 15.9 Å². The first-order valence-electron chi connectivity index (χ1n) is 7.07. The summed E-state index contributed by atoms with van der Waals surface area (Å²) in [5.74, 6) is -2.53. The standard InChI is InChI=1S/C17H15BrF2N2O2/c1-10-7-13(4-5-14(10)18)22(11(2)23)9-17(24)21-16-6-3-12(19)8-15(16)20/h3-8H,9H2,1-2H3,(H,21,24). The molecule has 2 amide bonds. The van der Waals surface area contributed by atoms with Crippen LogP contribution in [0.3, 0.4) is 0 Å². The van der Waals surface area contributed by atoms with Gasteiger partial charge in [0.25, 0.3) is 0 Å². The van der Waals surface area contributed by atoms with E-state index in [1.54, 1.807) is 18.2 Å². The Morgan fingerprint density at radius 2 is 1.88 bits per heavy atom. The summed E-state index contributed by atoms with van der Waals surface area (Å²) in [5, 5.41) is 2.33. The molecule has 2 aromatic rings. The average Bonchev–Trinajstić information content (AvgIpc) is 2.50. The summed E-state index contributed by atoms with van der Waals surface area (Å²) in [5.41, 5.74) is 1.32. The van der Waals surface area contributed by atoms with Crippen molar-refractivity contribution in [3.05, 3.63) is 58.1 Å². The monoisotopic (exact) mass is 396 g/mol. The Morgan fingerprint density at radius 3 is 2.46 bits per heavy atom. The number of aryl methyl sites for hydroxylation is 1. The Kier molecular flexibility index (Phi) is 5.66. The summed E-state index contributed by atoms with van der Waals surface area (Å²) in [7, 11) is 0. The molecule has 0 fully saturated rings. The number of nitrogens with one attached hydrogen (secondary N) is 1. The van der Waals surface area contributed by atoms with Crippen molar-refractivity contribution >= 4 is 39.1 Å². The van der Waals surface area contributed by atoms with Crippen LogP contribution < -0.4 is 10.2 Å². The fraction of sp³-hybridized carbons (Fsp3) is 0.176. The summed E-state index contributed by atoms with van der Waals surface area (Å²) >= 11 is 3.37. The largest absolute Gasteiger partial charge is 0.322 e. The first kappa shape index (κ1) is 18.1. The lowest BCUT2D eigenvalue weighted by Crippen LogP contribution is -2.36. The number of benzene rings is 2. The minimum Gasteiger partial charge on any atom is -0.322 e. The van der Waals surface area contributed by atoms with Crippen molar-refractivity contribution < 1.29 is 18.4 Å². The van der Waals surface area contributed by atoms with Crippen LogP contribution in [0, 0.1) is 18.6 Å². The Labute approximate surface area is 146 Å². The molecule has 0 saturated carbocycles. The first-order chi connectivity index (χ1) is 11.3. The molecular weight excluding hydrogens is 382 g/mol. The maximum Gasteiger partial charge on any atom is 0.244 e. The second kappa shape index (κ2) is 7.53. The van der Waals surface area contributed by atoms with Gasteiger partial charge in [-0.25, -0.2) is 8.78 Å². The molecule has 0 saturated heterocycles. The third kappa shape index (κ3) is 4.38. The Morgan fingerprint density at radius 1 is 1.17 bits per heavy atom. The molecule has 24 heavy (non-hydrogen) atoms. The lowest BCUT2D eigenvalue weighted by atomic mass is 10.2. The van der Waals surface area contributed by atoms with Crippen molar-refractivity contribution in [1.29, 1.82) is 0 Å². The second-order valence-corrected chi connectivity index (χ2v) is 6.07. The molecule has 2 rings (SSSR count). The third-order valence-corrected chi connectivity index (χ3v) is 4.23. The Balaban J connectivity index is 2.16. The predicted molar refractivity (Wildman–Crippen MR) is 91.9 cm³/mol. The molecule has 0 aliphatic heterocycles. The fourth-order valence-electron chi connectivity index (χ4n) is 2.11. The van der Waals surface area contributed by atoms with Crippen LogP contribution in [0.1, 0.15) is 12.5 Å². The van der Waals surface area contributed by atoms with Crippen molar-refractivity contribution in [2.75, 3.05) is 16.8 Å². The number of hydrogen-bond donors (Lipinski definition) is 1. The summed E-state index contributed by atoms with van der Waals surface area (Å²) in [6.45, 7) is 2.91. The molecule has 126 valence electrons.